The molecule has 0 unspecified atom stereocenters. The summed E-state index contributed by atoms with van der Waals surface area (Å²) >= 11 is 2.92. The first-order valence-corrected chi connectivity index (χ1v) is 9.07. The molecule has 0 aliphatic carbocycles. The Bertz CT molecular complexity index is 738. The summed E-state index contributed by atoms with van der Waals surface area (Å²) < 4.78 is 0. The second-order valence-corrected chi connectivity index (χ2v) is 7.41. The highest BCUT2D eigenvalue weighted by atomic mass is 32.1. The SMILES string of the molecule is CNC(=O)c1cc2c(s1)CCN(C(=O)CCc1csc(N)n1)C2. The molecular weight excluding hydrogens is 332 g/mol. The fourth-order valence-electron chi connectivity index (χ4n) is 2.61. The number of nitrogen functional groups attached to an aromatic ring is 1. The lowest BCUT2D eigenvalue weighted by Crippen LogP contribution is -2.35. The first-order chi connectivity index (χ1) is 11.1. The number of amides is 2. The van der Waals surface area contributed by atoms with Crippen LogP contribution in [0.15, 0.2) is 11.4 Å². The van der Waals surface area contributed by atoms with E-state index in [0.717, 1.165) is 17.7 Å². The molecule has 0 spiro atoms. The van der Waals surface area contributed by atoms with Crippen LogP contribution in [0.2, 0.25) is 0 Å². The van der Waals surface area contributed by atoms with Crippen molar-refractivity contribution in [3.05, 3.63) is 32.5 Å². The van der Waals surface area contributed by atoms with Crippen LogP contribution in [-0.2, 0) is 24.2 Å². The third-order valence-electron chi connectivity index (χ3n) is 3.83. The molecule has 3 N–H and O–H groups in total. The number of aromatic nitrogens is 1. The largest absolute Gasteiger partial charge is 0.375 e. The number of nitrogens with one attached hydrogen (secondary N) is 1. The van der Waals surface area contributed by atoms with Gasteiger partial charge < -0.3 is 16.0 Å². The summed E-state index contributed by atoms with van der Waals surface area (Å²) in [6.07, 6.45) is 1.86. The second kappa shape index (κ2) is 6.67. The predicted octanol–water partition coefficient (Wildman–Crippen LogP) is 1.66. The Labute approximate surface area is 142 Å². The van der Waals surface area contributed by atoms with E-state index in [-0.39, 0.29) is 11.8 Å². The minimum atomic E-state index is -0.0663. The maximum atomic E-state index is 12.4. The van der Waals surface area contributed by atoms with Crippen molar-refractivity contribution in [3.63, 3.8) is 0 Å². The van der Waals surface area contributed by atoms with Crippen molar-refractivity contribution in [1.82, 2.24) is 15.2 Å². The molecule has 23 heavy (non-hydrogen) atoms. The number of fused-ring (bicyclic) bond motifs is 1. The van der Waals surface area contributed by atoms with E-state index < -0.39 is 0 Å². The Morgan fingerprint density at radius 1 is 1.48 bits per heavy atom. The molecule has 0 saturated heterocycles. The number of rotatable bonds is 4. The number of hydrogen-bond acceptors (Lipinski definition) is 6. The number of thiophene rings is 1. The Balaban J connectivity index is 1.61. The molecule has 1 aliphatic heterocycles. The van der Waals surface area contributed by atoms with Crippen molar-refractivity contribution in [2.75, 3.05) is 19.3 Å². The van der Waals surface area contributed by atoms with Crippen LogP contribution >= 0.6 is 22.7 Å². The van der Waals surface area contributed by atoms with E-state index in [0.29, 0.717) is 35.9 Å². The van der Waals surface area contributed by atoms with Gasteiger partial charge in [0.2, 0.25) is 5.91 Å². The first-order valence-electron chi connectivity index (χ1n) is 7.38. The van der Waals surface area contributed by atoms with Gasteiger partial charge in [-0.05, 0) is 24.5 Å². The molecule has 1 aliphatic rings. The normalized spacial score (nSPS) is 13.7. The highest BCUT2D eigenvalue weighted by Gasteiger charge is 2.24. The topological polar surface area (TPSA) is 88.3 Å². The maximum absolute atomic E-state index is 12.4. The van der Waals surface area contributed by atoms with Crippen molar-refractivity contribution in [1.29, 1.82) is 0 Å². The summed E-state index contributed by atoms with van der Waals surface area (Å²) in [5.41, 5.74) is 7.56. The molecule has 0 atom stereocenters. The third kappa shape index (κ3) is 3.53. The Kier molecular flexibility index (Phi) is 4.63. The van der Waals surface area contributed by atoms with Gasteiger partial charge in [-0.2, -0.15) is 0 Å². The molecule has 0 bridgehead atoms. The molecule has 0 aromatic carbocycles. The minimum Gasteiger partial charge on any atom is -0.375 e. The van der Waals surface area contributed by atoms with Crippen LogP contribution in [0.5, 0.6) is 0 Å². The van der Waals surface area contributed by atoms with E-state index >= 15 is 0 Å². The number of thiazole rings is 1. The van der Waals surface area contributed by atoms with Gasteiger partial charge >= 0.3 is 0 Å². The molecule has 8 heteroatoms. The summed E-state index contributed by atoms with van der Waals surface area (Å²) in [5, 5.41) is 5.07. The molecule has 0 radical (unpaired) electrons. The average molecular weight is 350 g/mol. The molecule has 0 fully saturated rings. The molecule has 2 aromatic rings. The molecule has 0 saturated carbocycles. The van der Waals surface area contributed by atoms with Gasteiger partial charge in [-0.15, -0.1) is 22.7 Å². The molecule has 122 valence electrons. The zero-order chi connectivity index (χ0) is 16.4. The van der Waals surface area contributed by atoms with Gasteiger partial charge in [0, 0.05) is 36.8 Å². The van der Waals surface area contributed by atoms with E-state index in [2.05, 4.69) is 10.3 Å². The van der Waals surface area contributed by atoms with Gasteiger partial charge in [0.1, 0.15) is 0 Å². The molecule has 6 nitrogen and oxygen atoms in total. The smallest absolute Gasteiger partial charge is 0.261 e. The van der Waals surface area contributed by atoms with Gasteiger partial charge in [0.15, 0.2) is 5.13 Å². The predicted molar refractivity (Wildman–Crippen MR) is 91.7 cm³/mol. The Morgan fingerprint density at radius 2 is 2.30 bits per heavy atom. The van der Waals surface area contributed by atoms with E-state index in [1.54, 1.807) is 7.05 Å². The van der Waals surface area contributed by atoms with Crippen LogP contribution in [0.1, 0.15) is 32.2 Å². The van der Waals surface area contributed by atoms with Gasteiger partial charge in [-0.1, -0.05) is 0 Å². The lowest BCUT2D eigenvalue weighted by molar-refractivity contribution is -0.132. The second-order valence-electron chi connectivity index (χ2n) is 5.38. The van der Waals surface area contributed by atoms with Crippen LogP contribution in [0.3, 0.4) is 0 Å². The van der Waals surface area contributed by atoms with Crippen LogP contribution in [-0.4, -0.2) is 35.3 Å². The van der Waals surface area contributed by atoms with Gasteiger partial charge in [-0.3, -0.25) is 9.59 Å². The fourth-order valence-corrected chi connectivity index (χ4v) is 4.32. The van der Waals surface area contributed by atoms with E-state index in [9.17, 15) is 9.59 Å². The number of anilines is 1. The van der Waals surface area contributed by atoms with E-state index in [1.807, 2.05) is 16.3 Å². The van der Waals surface area contributed by atoms with Crippen LogP contribution in [0, 0.1) is 0 Å². The van der Waals surface area contributed by atoms with Crippen molar-refractivity contribution < 1.29 is 9.59 Å². The summed E-state index contributed by atoms with van der Waals surface area (Å²) in [5.74, 6) is 0.0540. The quantitative estimate of drug-likeness (QED) is 0.878. The number of aryl methyl sites for hydroxylation is 1. The number of nitrogens with zero attached hydrogens (tertiary/aromatic N) is 2. The van der Waals surface area contributed by atoms with Gasteiger partial charge in [0.05, 0.1) is 10.6 Å². The van der Waals surface area contributed by atoms with Crippen LogP contribution in [0.4, 0.5) is 5.13 Å². The summed E-state index contributed by atoms with van der Waals surface area (Å²) in [7, 11) is 1.63. The third-order valence-corrected chi connectivity index (χ3v) is 5.79. The highest BCUT2D eigenvalue weighted by molar-refractivity contribution is 7.14. The summed E-state index contributed by atoms with van der Waals surface area (Å²) in [6.45, 7) is 1.29. The number of carbonyl (C=O) groups excluding carboxylic acids is 2. The zero-order valence-corrected chi connectivity index (χ0v) is 14.4. The highest BCUT2D eigenvalue weighted by Crippen LogP contribution is 2.28. The molecule has 2 aromatic heterocycles. The van der Waals surface area contributed by atoms with E-state index in [4.69, 9.17) is 5.73 Å². The lowest BCUT2D eigenvalue weighted by atomic mass is 10.1. The number of nitrogens with two attached hydrogens (primary N) is 1. The fraction of sp³-hybridized carbons (Fsp3) is 0.400. The summed E-state index contributed by atoms with van der Waals surface area (Å²) in [6, 6.07) is 1.90. The number of carbonyl (C=O) groups is 2. The van der Waals surface area contributed by atoms with E-state index in [1.165, 1.54) is 27.6 Å². The summed E-state index contributed by atoms with van der Waals surface area (Å²) in [4.78, 5) is 32.0. The molecular formula is C15H18N4O2S2. The molecule has 2 amide bonds. The van der Waals surface area contributed by atoms with Crippen molar-refractivity contribution >= 4 is 39.6 Å². The van der Waals surface area contributed by atoms with Gasteiger partial charge in [0.25, 0.3) is 5.91 Å². The van der Waals surface area contributed by atoms with Crippen LogP contribution < -0.4 is 11.1 Å². The standard InChI is InChI=1S/C15H18N4O2S2/c1-17-14(21)12-6-9-7-19(5-4-11(9)23-12)13(20)3-2-10-8-22-15(16)18-10/h6,8H,2-5,7H2,1H3,(H2,16,18)(H,17,21). The molecule has 3 rings (SSSR count). The van der Waals surface area contributed by atoms with Crippen molar-refractivity contribution in [2.24, 2.45) is 0 Å². The lowest BCUT2D eigenvalue weighted by Gasteiger charge is -2.27. The zero-order valence-electron chi connectivity index (χ0n) is 12.8. The van der Waals surface area contributed by atoms with Crippen molar-refractivity contribution in [3.8, 4) is 0 Å². The average Bonchev–Trinajstić information content (AvgIpc) is 3.16. The first kappa shape index (κ1) is 15.9. The van der Waals surface area contributed by atoms with Crippen molar-refractivity contribution in [2.45, 2.75) is 25.8 Å². The molecule has 3 heterocycles. The van der Waals surface area contributed by atoms with Gasteiger partial charge in [-0.25, -0.2) is 4.98 Å². The maximum Gasteiger partial charge on any atom is 0.261 e. The minimum absolute atomic E-state index is 0.0663. The Morgan fingerprint density at radius 3 is 3.00 bits per heavy atom. The van der Waals surface area contributed by atoms with Crippen LogP contribution in [0.25, 0.3) is 0 Å². The monoisotopic (exact) mass is 350 g/mol. The Hall–Kier alpha value is -1.93. The number of hydrogen-bond donors (Lipinski definition) is 2.